The molecular formula is C20H30N2OS. The minimum atomic E-state index is 0.174. The predicted octanol–water partition coefficient (Wildman–Crippen LogP) is 3.82. The van der Waals surface area contributed by atoms with Crippen molar-refractivity contribution < 1.29 is 4.79 Å². The lowest BCUT2D eigenvalue weighted by Gasteiger charge is -2.35. The molecule has 3 rings (SSSR count). The first-order valence-electron chi connectivity index (χ1n) is 9.08. The fraction of sp³-hybridized carbons (Fsp3) is 0.650. The van der Waals surface area contributed by atoms with Crippen molar-refractivity contribution in [1.82, 2.24) is 10.2 Å². The lowest BCUT2D eigenvalue weighted by molar-refractivity contribution is -0.129. The maximum Gasteiger partial charge on any atom is 0.232 e. The summed E-state index contributed by atoms with van der Waals surface area (Å²) in [6.07, 6.45) is 4.78. The van der Waals surface area contributed by atoms with Gasteiger partial charge in [0.25, 0.3) is 0 Å². The first kappa shape index (κ1) is 17.8. The molecule has 3 nitrogen and oxygen atoms in total. The molecule has 2 saturated heterocycles. The standard InChI is InChI=1S/C20H30N2OS/c1-20(2,3)14-5-9-18(10-6-14)24-13-19(23)22(4)17-11-15-7-8-16(12-17)21-15/h5-6,9-10,15-17,21H,7-8,11-13H2,1-4H3. The molecule has 1 aromatic rings. The van der Waals surface area contributed by atoms with Crippen LogP contribution in [0, 0.1) is 0 Å². The zero-order valence-electron chi connectivity index (χ0n) is 15.3. The summed E-state index contributed by atoms with van der Waals surface area (Å²) in [4.78, 5) is 15.7. The monoisotopic (exact) mass is 346 g/mol. The third kappa shape index (κ3) is 4.15. The number of piperidine rings is 1. The molecule has 0 aliphatic carbocycles. The second-order valence-electron chi connectivity index (χ2n) is 8.33. The minimum absolute atomic E-state index is 0.174. The second-order valence-corrected chi connectivity index (χ2v) is 9.38. The molecule has 4 heteroatoms. The van der Waals surface area contributed by atoms with Crippen molar-refractivity contribution in [2.45, 2.75) is 74.9 Å². The number of amides is 1. The van der Waals surface area contributed by atoms with Gasteiger partial charge < -0.3 is 10.2 Å². The Bertz CT molecular complexity index is 566. The van der Waals surface area contributed by atoms with E-state index in [-0.39, 0.29) is 11.3 Å². The third-order valence-electron chi connectivity index (χ3n) is 5.47. The molecule has 24 heavy (non-hydrogen) atoms. The fourth-order valence-corrected chi connectivity index (χ4v) is 4.67. The molecule has 1 N–H and O–H groups in total. The highest BCUT2D eigenvalue weighted by molar-refractivity contribution is 8.00. The van der Waals surface area contributed by atoms with Crippen LogP contribution in [0.15, 0.2) is 29.2 Å². The highest BCUT2D eigenvalue weighted by atomic mass is 32.2. The summed E-state index contributed by atoms with van der Waals surface area (Å²) in [5.74, 6) is 0.788. The van der Waals surface area contributed by atoms with Gasteiger partial charge in [-0.05, 0) is 48.8 Å². The molecule has 2 atom stereocenters. The second kappa shape index (κ2) is 7.09. The summed E-state index contributed by atoms with van der Waals surface area (Å²) in [5, 5.41) is 3.65. The summed E-state index contributed by atoms with van der Waals surface area (Å²) in [5.41, 5.74) is 1.51. The van der Waals surface area contributed by atoms with E-state index in [0.717, 1.165) is 12.8 Å². The van der Waals surface area contributed by atoms with Crippen LogP contribution >= 0.6 is 11.8 Å². The van der Waals surface area contributed by atoms with Gasteiger partial charge in [0, 0.05) is 30.1 Å². The van der Waals surface area contributed by atoms with E-state index in [2.05, 4.69) is 50.4 Å². The Morgan fingerprint density at radius 3 is 2.29 bits per heavy atom. The van der Waals surface area contributed by atoms with Gasteiger partial charge in [0.15, 0.2) is 0 Å². The molecule has 0 radical (unpaired) electrons. The minimum Gasteiger partial charge on any atom is -0.342 e. The first-order valence-corrected chi connectivity index (χ1v) is 10.1. The third-order valence-corrected chi connectivity index (χ3v) is 6.47. The van der Waals surface area contributed by atoms with E-state index in [9.17, 15) is 4.79 Å². The summed E-state index contributed by atoms with van der Waals surface area (Å²) < 4.78 is 0. The largest absolute Gasteiger partial charge is 0.342 e. The van der Waals surface area contributed by atoms with Crippen LogP contribution in [-0.2, 0) is 10.2 Å². The number of carbonyl (C=O) groups excluding carboxylic acids is 1. The topological polar surface area (TPSA) is 32.3 Å². The SMILES string of the molecule is CN(C(=O)CSc1ccc(C(C)(C)C)cc1)C1CC2CCC(C1)N2. The van der Waals surface area contributed by atoms with E-state index in [1.165, 1.54) is 23.3 Å². The Morgan fingerprint density at radius 1 is 1.17 bits per heavy atom. The Labute approximate surface area is 150 Å². The van der Waals surface area contributed by atoms with Crippen LogP contribution < -0.4 is 5.32 Å². The molecule has 0 spiro atoms. The fourth-order valence-electron chi connectivity index (χ4n) is 3.85. The van der Waals surface area contributed by atoms with Crippen molar-refractivity contribution in [3.8, 4) is 0 Å². The molecular weight excluding hydrogens is 316 g/mol. The average molecular weight is 347 g/mol. The summed E-state index contributed by atoms with van der Waals surface area (Å²) in [7, 11) is 1.99. The van der Waals surface area contributed by atoms with E-state index < -0.39 is 0 Å². The van der Waals surface area contributed by atoms with Crippen LogP contribution in [0.25, 0.3) is 0 Å². The lowest BCUT2D eigenvalue weighted by atomic mass is 9.87. The number of thioether (sulfide) groups is 1. The van der Waals surface area contributed by atoms with Gasteiger partial charge in [-0.25, -0.2) is 0 Å². The van der Waals surface area contributed by atoms with Crippen molar-refractivity contribution in [3.63, 3.8) is 0 Å². The molecule has 2 fully saturated rings. The summed E-state index contributed by atoms with van der Waals surface area (Å²) >= 11 is 1.65. The number of nitrogens with one attached hydrogen (secondary N) is 1. The zero-order chi connectivity index (χ0) is 17.3. The van der Waals surface area contributed by atoms with Crippen molar-refractivity contribution >= 4 is 17.7 Å². The van der Waals surface area contributed by atoms with Gasteiger partial charge in [0.1, 0.15) is 0 Å². The Balaban J connectivity index is 1.51. The van der Waals surface area contributed by atoms with Crippen LogP contribution in [0.3, 0.4) is 0 Å². The van der Waals surface area contributed by atoms with E-state index >= 15 is 0 Å². The predicted molar refractivity (Wildman–Crippen MR) is 102 cm³/mol. The first-order chi connectivity index (χ1) is 11.3. The molecule has 2 aliphatic heterocycles. The smallest absolute Gasteiger partial charge is 0.232 e. The molecule has 1 amide bonds. The highest BCUT2D eigenvalue weighted by Crippen LogP contribution is 2.30. The van der Waals surface area contributed by atoms with Gasteiger partial charge in [0.2, 0.25) is 5.91 Å². The number of hydrogen-bond acceptors (Lipinski definition) is 3. The van der Waals surface area contributed by atoms with Gasteiger partial charge in [-0.2, -0.15) is 0 Å². The number of nitrogens with zero attached hydrogens (tertiary/aromatic N) is 1. The lowest BCUT2D eigenvalue weighted by Crippen LogP contribution is -2.49. The molecule has 2 unspecified atom stereocenters. The van der Waals surface area contributed by atoms with E-state index in [4.69, 9.17) is 0 Å². The Kier molecular flexibility index (Phi) is 5.26. The van der Waals surface area contributed by atoms with Crippen LogP contribution in [0.2, 0.25) is 0 Å². The molecule has 0 saturated carbocycles. The average Bonchev–Trinajstić information content (AvgIpc) is 2.89. The Hall–Kier alpha value is -1.00. The number of hydrogen-bond donors (Lipinski definition) is 1. The summed E-state index contributed by atoms with van der Waals surface area (Å²) in [6, 6.07) is 10.3. The Morgan fingerprint density at radius 2 is 1.75 bits per heavy atom. The van der Waals surface area contributed by atoms with E-state index in [1.807, 2.05) is 11.9 Å². The maximum atomic E-state index is 12.6. The van der Waals surface area contributed by atoms with Crippen molar-refractivity contribution in [2.24, 2.45) is 0 Å². The van der Waals surface area contributed by atoms with E-state index in [1.54, 1.807) is 11.8 Å². The summed E-state index contributed by atoms with van der Waals surface area (Å²) in [6.45, 7) is 6.67. The maximum absolute atomic E-state index is 12.6. The van der Waals surface area contributed by atoms with Crippen molar-refractivity contribution in [3.05, 3.63) is 29.8 Å². The van der Waals surface area contributed by atoms with Crippen LogP contribution in [0.4, 0.5) is 0 Å². The molecule has 2 heterocycles. The molecule has 132 valence electrons. The van der Waals surface area contributed by atoms with Gasteiger partial charge in [0.05, 0.1) is 5.75 Å². The normalized spacial score (nSPS) is 26.4. The molecule has 2 aliphatic rings. The van der Waals surface area contributed by atoms with Gasteiger partial charge in [-0.15, -0.1) is 11.8 Å². The van der Waals surface area contributed by atoms with Crippen LogP contribution in [0.1, 0.15) is 52.0 Å². The van der Waals surface area contributed by atoms with E-state index in [0.29, 0.717) is 23.9 Å². The van der Waals surface area contributed by atoms with Crippen LogP contribution in [0.5, 0.6) is 0 Å². The van der Waals surface area contributed by atoms with Gasteiger partial charge in [-0.1, -0.05) is 32.9 Å². The zero-order valence-corrected chi connectivity index (χ0v) is 16.2. The van der Waals surface area contributed by atoms with Crippen molar-refractivity contribution in [2.75, 3.05) is 12.8 Å². The van der Waals surface area contributed by atoms with Gasteiger partial charge >= 0.3 is 0 Å². The van der Waals surface area contributed by atoms with Crippen LogP contribution in [-0.4, -0.2) is 41.7 Å². The molecule has 1 aromatic carbocycles. The molecule has 2 bridgehead atoms. The number of carbonyl (C=O) groups is 1. The number of fused-ring (bicyclic) bond motifs is 2. The van der Waals surface area contributed by atoms with Crippen molar-refractivity contribution in [1.29, 1.82) is 0 Å². The quantitative estimate of drug-likeness (QED) is 0.841. The number of benzene rings is 1. The molecule has 0 aromatic heterocycles. The number of rotatable bonds is 4. The highest BCUT2D eigenvalue weighted by Gasteiger charge is 2.36. The van der Waals surface area contributed by atoms with Gasteiger partial charge in [-0.3, -0.25) is 4.79 Å².